The number of nitrogen functional groups attached to an aromatic ring is 1. The van der Waals surface area contributed by atoms with Crippen molar-refractivity contribution >= 4 is 44.8 Å². The first-order valence-electron chi connectivity index (χ1n) is 12.6. The highest BCUT2D eigenvalue weighted by atomic mass is 35.5. The van der Waals surface area contributed by atoms with Crippen molar-refractivity contribution in [2.24, 2.45) is 0 Å². The summed E-state index contributed by atoms with van der Waals surface area (Å²) in [6.07, 6.45) is 0. The molecule has 0 saturated carbocycles. The largest absolute Gasteiger partial charge is 0.495 e. The molecule has 40 heavy (non-hydrogen) atoms. The van der Waals surface area contributed by atoms with Crippen LogP contribution in [0.15, 0.2) is 59.5 Å². The molecule has 212 valence electrons. The normalized spacial score (nSPS) is 17.0. The number of hydrogen-bond donors (Lipinski definition) is 2. The molecule has 11 heteroatoms. The molecule has 9 nitrogen and oxygen atoms in total. The van der Waals surface area contributed by atoms with E-state index in [9.17, 15) is 18.0 Å². The molecule has 4 rings (SSSR count). The van der Waals surface area contributed by atoms with Crippen LogP contribution in [0.4, 0.5) is 11.4 Å². The van der Waals surface area contributed by atoms with Crippen LogP contribution >= 0.6 is 11.6 Å². The number of nitrogens with one attached hydrogen (secondary N) is 1. The molecule has 3 N–H and O–H groups in total. The topological polar surface area (TPSA) is 128 Å². The number of sulfonamides is 1. The standard InChI is InChI=1S/C29H32ClN3O6S/c1-7-39-19-10-12-23-21(16-19)29(5,20-15-18(31)9-11-22(20)30)27(35)33(23)40(36,37)25-13-8-17(14-24(25)38-6)26(34)32-28(2,3)4/h8-16H,7,31H2,1-6H3,(H,32,34). The molecule has 1 atom stereocenters. The second kappa shape index (κ2) is 10.3. The van der Waals surface area contributed by atoms with Crippen molar-refractivity contribution in [1.82, 2.24) is 5.32 Å². The summed E-state index contributed by atoms with van der Waals surface area (Å²) in [7, 11) is -3.24. The molecule has 3 aromatic rings. The lowest BCUT2D eigenvalue weighted by molar-refractivity contribution is -0.120. The first-order valence-corrected chi connectivity index (χ1v) is 14.4. The third-order valence-corrected chi connectivity index (χ3v) is 8.68. The van der Waals surface area contributed by atoms with Gasteiger partial charge in [0.15, 0.2) is 0 Å². The molecule has 3 aromatic carbocycles. The fourth-order valence-corrected chi connectivity index (χ4v) is 6.69. The SMILES string of the molecule is CCOc1ccc2c(c1)C(C)(c1cc(N)ccc1Cl)C(=O)N2S(=O)(=O)c1ccc(C(=O)NC(C)(C)C)cc1OC. The van der Waals surface area contributed by atoms with Gasteiger partial charge in [0.05, 0.1) is 19.4 Å². The van der Waals surface area contributed by atoms with Crippen molar-refractivity contribution in [2.75, 3.05) is 23.8 Å². The number of anilines is 2. The number of halogens is 1. The zero-order valence-corrected chi connectivity index (χ0v) is 24.7. The Bertz CT molecular complexity index is 1620. The first kappa shape index (κ1) is 29.2. The number of carbonyl (C=O) groups is 2. The van der Waals surface area contributed by atoms with Crippen LogP contribution in [0.3, 0.4) is 0 Å². The monoisotopic (exact) mass is 585 g/mol. The Labute approximate surface area is 239 Å². The van der Waals surface area contributed by atoms with E-state index in [0.29, 0.717) is 29.2 Å². The Kier molecular flexibility index (Phi) is 7.55. The van der Waals surface area contributed by atoms with Crippen molar-refractivity contribution in [3.05, 3.63) is 76.3 Å². The summed E-state index contributed by atoms with van der Waals surface area (Å²) in [4.78, 5) is 26.7. The van der Waals surface area contributed by atoms with E-state index >= 15 is 0 Å². The Morgan fingerprint density at radius 3 is 2.40 bits per heavy atom. The molecule has 0 aromatic heterocycles. The highest BCUT2D eigenvalue weighted by Crippen LogP contribution is 2.51. The van der Waals surface area contributed by atoms with Crippen molar-refractivity contribution in [2.45, 2.75) is 50.5 Å². The van der Waals surface area contributed by atoms with Gasteiger partial charge in [-0.2, -0.15) is 0 Å². The zero-order chi connectivity index (χ0) is 29.6. The maximum Gasteiger partial charge on any atom is 0.274 e. The number of carbonyl (C=O) groups excluding carboxylic acids is 2. The van der Waals surface area contributed by atoms with Crippen LogP contribution in [0.5, 0.6) is 11.5 Å². The molecule has 2 amide bonds. The van der Waals surface area contributed by atoms with Gasteiger partial charge in [-0.25, -0.2) is 12.7 Å². The van der Waals surface area contributed by atoms with Crippen LogP contribution < -0.4 is 24.8 Å². The third kappa shape index (κ3) is 4.97. The van der Waals surface area contributed by atoms with E-state index in [4.69, 9.17) is 26.8 Å². The van der Waals surface area contributed by atoms with Gasteiger partial charge >= 0.3 is 0 Å². The van der Waals surface area contributed by atoms with E-state index in [0.717, 1.165) is 4.31 Å². The number of hydrogen-bond acceptors (Lipinski definition) is 7. The summed E-state index contributed by atoms with van der Waals surface area (Å²) in [5, 5.41) is 3.08. The van der Waals surface area contributed by atoms with Crippen LogP contribution in [-0.4, -0.2) is 39.5 Å². The van der Waals surface area contributed by atoms with Gasteiger partial charge in [0, 0.05) is 27.4 Å². The quantitative estimate of drug-likeness (QED) is 0.377. The number of fused-ring (bicyclic) bond motifs is 1. The van der Waals surface area contributed by atoms with Crippen LogP contribution in [0.25, 0.3) is 0 Å². The van der Waals surface area contributed by atoms with Gasteiger partial charge < -0.3 is 20.5 Å². The number of methoxy groups -OCH3 is 1. The first-order chi connectivity index (χ1) is 18.6. The Morgan fingerprint density at radius 1 is 1.07 bits per heavy atom. The Morgan fingerprint density at radius 2 is 1.77 bits per heavy atom. The molecule has 0 radical (unpaired) electrons. The van der Waals surface area contributed by atoms with Crippen molar-refractivity contribution < 1.29 is 27.5 Å². The fourth-order valence-electron chi connectivity index (χ4n) is 4.73. The van der Waals surface area contributed by atoms with Crippen LogP contribution in [0.1, 0.15) is 56.1 Å². The van der Waals surface area contributed by atoms with Gasteiger partial charge in [-0.05, 0) is 94.8 Å². The Hall–Kier alpha value is -3.76. The highest BCUT2D eigenvalue weighted by molar-refractivity contribution is 7.93. The molecule has 1 aliphatic rings. The van der Waals surface area contributed by atoms with Gasteiger partial charge in [-0.1, -0.05) is 11.6 Å². The maximum atomic E-state index is 14.3. The van der Waals surface area contributed by atoms with Crippen molar-refractivity contribution in [3.8, 4) is 11.5 Å². The lowest BCUT2D eigenvalue weighted by atomic mass is 9.77. The zero-order valence-electron chi connectivity index (χ0n) is 23.2. The average Bonchev–Trinajstić information content (AvgIpc) is 3.11. The van der Waals surface area contributed by atoms with E-state index < -0.39 is 32.8 Å². The van der Waals surface area contributed by atoms with Gasteiger partial charge in [0.1, 0.15) is 21.8 Å². The van der Waals surface area contributed by atoms with E-state index in [1.165, 1.54) is 31.4 Å². The second-order valence-electron chi connectivity index (χ2n) is 10.6. The molecular weight excluding hydrogens is 554 g/mol. The van der Waals surface area contributed by atoms with Crippen LogP contribution in [0, 0.1) is 0 Å². The van der Waals surface area contributed by atoms with E-state index in [1.54, 1.807) is 37.3 Å². The molecule has 0 fully saturated rings. The summed E-state index contributed by atoms with van der Waals surface area (Å²) >= 11 is 6.55. The number of amides is 2. The number of nitrogens with two attached hydrogens (primary N) is 1. The summed E-state index contributed by atoms with van der Waals surface area (Å²) in [5.41, 5.74) is 5.49. The molecule has 0 aliphatic carbocycles. The maximum absolute atomic E-state index is 14.3. The molecular formula is C29H32ClN3O6S. The van der Waals surface area contributed by atoms with Crippen LogP contribution in [-0.2, 0) is 20.2 Å². The van der Waals surface area contributed by atoms with Crippen molar-refractivity contribution in [3.63, 3.8) is 0 Å². The molecule has 0 bridgehead atoms. The Balaban J connectivity index is 1.91. The van der Waals surface area contributed by atoms with E-state index in [2.05, 4.69) is 5.32 Å². The minimum absolute atomic E-state index is 0.0857. The van der Waals surface area contributed by atoms with E-state index in [-0.39, 0.29) is 26.9 Å². The molecule has 0 saturated heterocycles. The summed E-state index contributed by atoms with van der Waals surface area (Å²) in [6, 6.07) is 13.5. The predicted octanol–water partition coefficient (Wildman–Crippen LogP) is 4.90. The number of benzene rings is 3. The fraction of sp³-hybridized carbons (Fsp3) is 0.310. The molecule has 1 heterocycles. The van der Waals surface area contributed by atoms with Crippen LogP contribution in [0.2, 0.25) is 5.02 Å². The summed E-state index contributed by atoms with van der Waals surface area (Å²) in [5.74, 6) is -0.770. The van der Waals surface area contributed by atoms with Gasteiger partial charge in [-0.3, -0.25) is 9.59 Å². The number of nitrogens with zero attached hydrogens (tertiary/aromatic N) is 1. The minimum atomic E-state index is -4.54. The predicted molar refractivity (Wildman–Crippen MR) is 155 cm³/mol. The number of rotatable bonds is 7. The highest BCUT2D eigenvalue weighted by Gasteiger charge is 2.54. The van der Waals surface area contributed by atoms with E-state index in [1.807, 2.05) is 27.7 Å². The smallest absolute Gasteiger partial charge is 0.274 e. The third-order valence-electron chi connectivity index (χ3n) is 6.61. The lowest BCUT2D eigenvalue weighted by Crippen LogP contribution is -2.42. The van der Waals surface area contributed by atoms with Gasteiger partial charge in [-0.15, -0.1) is 0 Å². The van der Waals surface area contributed by atoms with Crippen molar-refractivity contribution in [1.29, 1.82) is 0 Å². The second-order valence-corrected chi connectivity index (χ2v) is 12.8. The molecule has 0 spiro atoms. The molecule has 1 aliphatic heterocycles. The number of ether oxygens (including phenoxy) is 2. The minimum Gasteiger partial charge on any atom is -0.495 e. The lowest BCUT2D eigenvalue weighted by Gasteiger charge is -2.26. The van der Waals surface area contributed by atoms with Gasteiger partial charge in [0.25, 0.3) is 21.8 Å². The average molecular weight is 586 g/mol. The summed E-state index contributed by atoms with van der Waals surface area (Å²) < 4.78 is 40.3. The molecule has 1 unspecified atom stereocenters. The summed E-state index contributed by atoms with van der Waals surface area (Å²) in [6.45, 7) is 9.29. The van der Waals surface area contributed by atoms with Gasteiger partial charge in [0.2, 0.25) is 0 Å².